The highest BCUT2D eigenvalue weighted by Crippen LogP contribution is 2.52. The average Bonchev–Trinajstić information content (AvgIpc) is 2.95. The van der Waals surface area contributed by atoms with Crippen molar-refractivity contribution in [1.82, 2.24) is 0 Å². The summed E-state index contributed by atoms with van der Waals surface area (Å²) in [6.07, 6.45) is 0. The van der Waals surface area contributed by atoms with Gasteiger partial charge in [-0.25, -0.2) is 0 Å². The molecular formula is C24H21NO3S. The zero-order valence-electron chi connectivity index (χ0n) is 16.3. The van der Waals surface area contributed by atoms with Gasteiger partial charge in [0.25, 0.3) is 0 Å². The summed E-state index contributed by atoms with van der Waals surface area (Å²) in [6.45, 7) is 0.571. The molecule has 0 saturated heterocycles. The molecule has 2 aliphatic heterocycles. The van der Waals surface area contributed by atoms with E-state index in [0.717, 1.165) is 44.7 Å². The fourth-order valence-corrected chi connectivity index (χ4v) is 5.32. The summed E-state index contributed by atoms with van der Waals surface area (Å²) in [5, 5.41) is 0.0795. The first-order chi connectivity index (χ1) is 14.3. The molecule has 0 saturated carbocycles. The minimum absolute atomic E-state index is 0.0795. The monoisotopic (exact) mass is 403 g/mol. The fraction of sp³-hybridized carbons (Fsp3) is 0.208. The van der Waals surface area contributed by atoms with Gasteiger partial charge < -0.3 is 14.2 Å². The van der Waals surface area contributed by atoms with Crippen LogP contribution in [0.4, 0.5) is 5.69 Å². The molecule has 0 fully saturated rings. The molecule has 3 aromatic carbocycles. The number of hydrogen-bond donors (Lipinski definition) is 0. The van der Waals surface area contributed by atoms with Gasteiger partial charge in [-0.2, -0.15) is 0 Å². The van der Waals surface area contributed by atoms with Crippen LogP contribution in [-0.2, 0) is 0 Å². The Labute approximate surface area is 174 Å². The van der Waals surface area contributed by atoms with E-state index in [-0.39, 0.29) is 11.2 Å². The van der Waals surface area contributed by atoms with E-state index in [1.165, 1.54) is 0 Å². The van der Waals surface area contributed by atoms with E-state index >= 15 is 0 Å². The molecule has 3 aromatic rings. The largest absolute Gasteiger partial charge is 0.497 e. The van der Waals surface area contributed by atoms with Gasteiger partial charge in [-0.05, 0) is 42.5 Å². The Morgan fingerprint density at radius 2 is 1.79 bits per heavy atom. The Morgan fingerprint density at radius 1 is 0.966 bits per heavy atom. The molecule has 0 amide bonds. The maximum Gasteiger partial charge on any atom is 0.128 e. The Kier molecular flexibility index (Phi) is 4.68. The zero-order valence-corrected chi connectivity index (χ0v) is 17.1. The SMILES string of the molecule is COc1ccc(OC)c([C@@H]2Sc3ccccc3N=C3c4ccccc4OC[C@H]32)c1. The molecule has 29 heavy (non-hydrogen) atoms. The maximum absolute atomic E-state index is 6.16. The Bertz CT molecular complexity index is 1090. The highest BCUT2D eigenvalue weighted by molar-refractivity contribution is 7.99. The van der Waals surface area contributed by atoms with Crippen LogP contribution in [0.15, 0.2) is 76.6 Å². The molecule has 146 valence electrons. The first-order valence-electron chi connectivity index (χ1n) is 9.57. The quantitative estimate of drug-likeness (QED) is 0.564. The third kappa shape index (κ3) is 3.15. The lowest BCUT2D eigenvalue weighted by Crippen LogP contribution is -2.32. The predicted molar refractivity (Wildman–Crippen MR) is 116 cm³/mol. The van der Waals surface area contributed by atoms with E-state index in [9.17, 15) is 0 Å². The number of ether oxygens (including phenoxy) is 3. The van der Waals surface area contributed by atoms with Crippen LogP contribution in [0.5, 0.6) is 17.2 Å². The Balaban J connectivity index is 1.72. The van der Waals surface area contributed by atoms with Crippen LogP contribution in [0.2, 0.25) is 0 Å². The van der Waals surface area contributed by atoms with Gasteiger partial charge >= 0.3 is 0 Å². The molecule has 2 aliphatic rings. The Hall–Kier alpha value is -2.92. The molecule has 0 radical (unpaired) electrons. The molecular weight excluding hydrogens is 382 g/mol. The lowest BCUT2D eigenvalue weighted by Gasteiger charge is -2.32. The summed E-state index contributed by atoms with van der Waals surface area (Å²) >= 11 is 1.81. The van der Waals surface area contributed by atoms with Crippen molar-refractivity contribution in [1.29, 1.82) is 0 Å². The van der Waals surface area contributed by atoms with E-state index in [1.54, 1.807) is 14.2 Å². The predicted octanol–water partition coefficient (Wildman–Crippen LogP) is 5.68. The molecule has 0 aliphatic carbocycles. The van der Waals surface area contributed by atoms with E-state index in [4.69, 9.17) is 19.2 Å². The number of aliphatic imine (C=N–C) groups is 1. The topological polar surface area (TPSA) is 40.0 Å². The first kappa shape index (κ1) is 18.1. The van der Waals surface area contributed by atoms with Gasteiger partial charge in [0.15, 0.2) is 0 Å². The third-order valence-corrected chi connectivity index (χ3v) is 6.84. The summed E-state index contributed by atoms with van der Waals surface area (Å²) in [7, 11) is 3.40. The van der Waals surface area contributed by atoms with Crippen molar-refractivity contribution in [2.24, 2.45) is 10.9 Å². The third-order valence-electron chi connectivity index (χ3n) is 5.40. The van der Waals surface area contributed by atoms with Crippen LogP contribution < -0.4 is 14.2 Å². The van der Waals surface area contributed by atoms with Gasteiger partial charge in [0.1, 0.15) is 17.2 Å². The minimum atomic E-state index is 0.0795. The molecule has 2 atom stereocenters. The molecule has 4 nitrogen and oxygen atoms in total. The van der Waals surface area contributed by atoms with Crippen molar-refractivity contribution in [3.63, 3.8) is 0 Å². The minimum Gasteiger partial charge on any atom is -0.497 e. The maximum atomic E-state index is 6.16. The molecule has 0 unspecified atom stereocenters. The van der Waals surface area contributed by atoms with Gasteiger partial charge in [0.2, 0.25) is 0 Å². The zero-order chi connectivity index (χ0) is 19.8. The fourth-order valence-electron chi connectivity index (χ4n) is 3.98. The average molecular weight is 404 g/mol. The van der Waals surface area contributed by atoms with Gasteiger partial charge in [-0.1, -0.05) is 24.3 Å². The number of nitrogens with zero attached hydrogens (tertiary/aromatic N) is 1. The molecule has 0 bridgehead atoms. The number of benzene rings is 3. The van der Waals surface area contributed by atoms with E-state index in [2.05, 4.69) is 30.3 Å². The second-order valence-electron chi connectivity index (χ2n) is 7.02. The van der Waals surface area contributed by atoms with Crippen LogP contribution in [0.3, 0.4) is 0 Å². The van der Waals surface area contributed by atoms with Crippen molar-refractivity contribution in [2.45, 2.75) is 10.1 Å². The van der Waals surface area contributed by atoms with Gasteiger partial charge in [0.05, 0.1) is 38.1 Å². The number of methoxy groups -OCH3 is 2. The highest BCUT2D eigenvalue weighted by Gasteiger charge is 2.38. The molecule has 5 rings (SSSR count). The normalized spacial score (nSPS) is 19.6. The second kappa shape index (κ2) is 7.48. The summed E-state index contributed by atoms with van der Waals surface area (Å²) in [5.41, 5.74) is 4.22. The molecule has 0 N–H and O–H groups in total. The molecule has 2 heterocycles. The number of para-hydroxylation sites is 2. The van der Waals surface area contributed by atoms with Crippen molar-refractivity contribution < 1.29 is 14.2 Å². The lowest BCUT2D eigenvalue weighted by atomic mass is 9.87. The second-order valence-corrected chi connectivity index (χ2v) is 8.21. The molecule has 0 aromatic heterocycles. The van der Waals surface area contributed by atoms with Crippen molar-refractivity contribution in [3.8, 4) is 17.2 Å². The lowest BCUT2D eigenvalue weighted by molar-refractivity contribution is 0.270. The van der Waals surface area contributed by atoms with Crippen LogP contribution in [0, 0.1) is 5.92 Å². The smallest absolute Gasteiger partial charge is 0.128 e. The summed E-state index contributed by atoms with van der Waals surface area (Å²) in [4.78, 5) is 6.27. The van der Waals surface area contributed by atoms with Crippen LogP contribution in [0.25, 0.3) is 0 Å². The van der Waals surface area contributed by atoms with Crippen molar-refractivity contribution >= 4 is 23.2 Å². The van der Waals surface area contributed by atoms with Gasteiger partial charge in [-0.3, -0.25) is 4.99 Å². The van der Waals surface area contributed by atoms with E-state index < -0.39 is 0 Å². The van der Waals surface area contributed by atoms with Gasteiger partial charge in [0, 0.05) is 21.3 Å². The van der Waals surface area contributed by atoms with Crippen molar-refractivity contribution in [3.05, 3.63) is 77.9 Å². The number of fused-ring (bicyclic) bond motifs is 4. The summed E-state index contributed by atoms with van der Waals surface area (Å²) in [6, 6.07) is 22.4. The summed E-state index contributed by atoms with van der Waals surface area (Å²) < 4.78 is 17.4. The number of rotatable bonds is 3. The summed E-state index contributed by atoms with van der Waals surface area (Å²) in [5.74, 6) is 2.64. The highest BCUT2D eigenvalue weighted by atomic mass is 32.2. The van der Waals surface area contributed by atoms with Crippen molar-refractivity contribution in [2.75, 3.05) is 20.8 Å². The molecule has 5 heteroatoms. The van der Waals surface area contributed by atoms with E-state index in [1.807, 2.05) is 48.2 Å². The van der Waals surface area contributed by atoms with Crippen LogP contribution >= 0.6 is 11.8 Å². The standard InChI is InChI=1S/C24H21NO3S/c1-26-15-11-12-20(27-2)17(13-15)24-18-14-28-21-9-5-3-7-16(21)23(18)25-19-8-4-6-10-22(19)29-24/h3-13,18,24H,14H2,1-2H3/t18-,24+/m1/s1. The first-order valence-corrected chi connectivity index (χ1v) is 10.4. The Morgan fingerprint density at radius 3 is 2.66 bits per heavy atom. The number of thioether (sulfide) groups is 1. The van der Waals surface area contributed by atoms with Gasteiger partial charge in [-0.15, -0.1) is 11.8 Å². The molecule has 0 spiro atoms. The van der Waals surface area contributed by atoms with E-state index in [0.29, 0.717) is 6.61 Å². The van der Waals surface area contributed by atoms with Crippen LogP contribution in [-0.4, -0.2) is 26.5 Å². The van der Waals surface area contributed by atoms with Crippen LogP contribution in [0.1, 0.15) is 16.4 Å². The number of hydrogen-bond acceptors (Lipinski definition) is 5.